The summed E-state index contributed by atoms with van der Waals surface area (Å²) in [4.78, 5) is 29.2. The van der Waals surface area contributed by atoms with Crippen LogP contribution in [-0.2, 0) is 4.79 Å². The number of nitrogens with zero attached hydrogens (tertiary/aromatic N) is 2. The van der Waals surface area contributed by atoms with Gasteiger partial charge in [0, 0.05) is 32.6 Å². The number of piperazine rings is 1. The van der Waals surface area contributed by atoms with Crippen LogP contribution in [0.4, 0.5) is 0 Å². The second-order valence-electron chi connectivity index (χ2n) is 6.05. The van der Waals surface area contributed by atoms with Crippen LogP contribution in [0.3, 0.4) is 0 Å². The Hall–Kier alpha value is -1.11. The Kier molecular flexibility index (Phi) is 6.87. The summed E-state index contributed by atoms with van der Waals surface area (Å²) < 4.78 is 0. The topological polar surface area (TPSA) is 52.7 Å². The highest BCUT2D eigenvalue weighted by Crippen LogP contribution is 2.19. The van der Waals surface area contributed by atoms with Gasteiger partial charge in [0.2, 0.25) is 5.91 Å². The molecule has 5 nitrogen and oxygen atoms in total. The molecule has 1 aromatic rings. The zero-order valence-electron chi connectivity index (χ0n) is 13.2. The highest BCUT2D eigenvalue weighted by Gasteiger charge is 2.26. The summed E-state index contributed by atoms with van der Waals surface area (Å²) in [6, 6.07) is 3.76. The second kappa shape index (κ2) is 8.66. The standard InChI is InChI=1S/C16H23N3O2S.ClH/c20-15(12-13-3-5-17-6-4-13)18-7-9-19(10-8-18)16(21)14-2-1-11-22-14;/h1-2,11,13,17H,3-10,12H2;1H. The maximum atomic E-state index is 12.4. The number of rotatable bonds is 3. The van der Waals surface area contributed by atoms with Crippen molar-refractivity contribution in [1.29, 1.82) is 0 Å². The lowest BCUT2D eigenvalue weighted by atomic mass is 9.94. The average Bonchev–Trinajstić information content (AvgIpc) is 3.10. The molecule has 3 rings (SSSR count). The first-order chi connectivity index (χ1) is 10.7. The zero-order valence-corrected chi connectivity index (χ0v) is 14.8. The Bertz CT molecular complexity index is 509. The molecule has 7 heteroatoms. The summed E-state index contributed by atoms with van der Waals surface area (Å²) >= 11 is 1.48. The van der Waals surface area contributed by atoms with Crippen LogP contribution in [0.5, 0.6) is 0 Å². The van der Waals surface area contributed by atoms with E-state index >= 15 is 0 Å². The summed E-state index contributed by atoms with van der Waals surface area (Å²) in [5.74, 6) is 0.884. The SMILES string of the molecule is Cl.O=C(CC1CCNCC1)N1CCN(C(=O)c2cccs2)CC1. The van der Waals surface area contributed by atoms with Gasteiger partial charge in [0.25, 0.3) is 5.91 Å². The Morgan fingerprint density at radius 3 is 2.39 bits per heavy atom. The van der Waals surface area contributed by atoms with Crippen molar-refractivity contribution in [2.75, 3.05) is 39.3 Å². The van der Waals surface area contributed by atoms with E-state index in [4.69, 9.17) is 0 Å². The molecule has 0 bridgehead atoms. The van der Waals surface area contributed by atoms with Gasteiger partial charge in [0.1, 0.15) is 0 Å². The molecule has 0 radical (unpaired) electrons. The fourth-order valence-corrected chi connectivity index (χ4v) is 3.87. The fourth-order valence-electron chi connectivity index (χ4n) is 3.18. The van der Waals surface area contributed by atoms with Crippen LogP contribution in [-0.4, -0.2) is 60.9 Å². The van der Waals surface area contributed by atoms with Crippen LogP contribution in [0.25, 0.3) is 0 Å². The normalized spacial score (nSPS) is 19.3. The van der Waals surface area contributed by atoms with Crippen LogP contribution in [0, 0.1) is 5.92 Å². The van der Waals surface area contributed by atoms with E-state index in [-0.39, 0.29) is 24.2 Å². The molecule has 2 aliphatic rings. The number of carbonyl (C=O) groups excluding carboxylic acids is 2. The van der Waals surface area contributed by atoms with E-state index in [0.717, 1.165) is 30.8 Å². The van der Waals surface area contributed by atoms with Gasteiger partial charge in [0.15, 0.2) is 0 Å². The van der Waals surface area contributed by atoms with Gasteiger partial charge in [-0.1, -0.05) is 6.07 Å². The number of thiophene rings is 1. The second-order valence-corrected chi connectivity index (χ2v) is 7.00. The number of hydrogen-bond acceptors (Lipinski definition) is 4. The maximum Gasteiger partial charge on any atom is 0.264 e. The van der Waals surface area contributed by atoms with Crippen LogP contribution in [0.2, 0.25) is 0 Å². The summed E-state index contributed by atoms with van der Waals surface area (Å²) in [6.45, 7) is 4.69. The monoisotopic (exact) mass is 357 g/mol. The van der Waals surface area contributed by atoms with Crippen molar-refractivity contribution in [3.05, 3.63) is 22.4 Å². The van der Waals surface area contributed by atoms with E-state index in [1.54, 1.807) is 0 Å². The molecular formula is C16H24ClN3O2S. The summed E-state index contributed by atoms with van der Waals surface area (Å²) in [6.07, 6.45) is 2.87. The number of halogens is 1. The molecule has 2 fully saturated rings. The minimum atomic E-state index is 0. The van der Waals surface area contributed by atoms with Gasteiger partial charge in [-0.25, -0.2) is 0 Å². The van der Waals surface area contributed by atoms with Crippen LogP contribution in [0.1, 0.15) is 28.9 Å². The summed E-state index contributed by atoms with van der Waals surface area (Å²) in [5, 5.41) is 5.25. The van der Waals surface area contributed by atoms with Crippen LogP contribution < -0.4 is 5.32 Å². The molecular weight excluding hydrogens is 334 g/mol. The van der Waals surface area contributed by atoms with E-state index < -0.39 is 0 Å². The van der Waals surface area contributed by atoms with E-state index in [9.17, 15) is 9.59 Å². The molecule has 0 atom stereocenters. The lowest BCUT2D eigenvalue weighted by Gasteiger charge is -2.35. The van der Waals surface area contributed by atoms with Crippen molar-refractivity contribution >= 4 is 35.6 Å². The first-order valence-electron chi connectivity index (χ1n) is 8.05. The van der Waals surface area contributed by atoms with E-state index in [2.05, 4.69) is 5.32 Å². The summed E-state index contributed by atoms with van der Waals surface area (Å²) in [5.41, 5.74) is 0. The van der Waals surface area contributed by atoms with E-state index in [1.807, 2.05) is 27.3 Å². The van der Waals surface area contributed by atoms with Crippen molar-refractivity contribution in [3.8, 4) is 0 Å². The molecule has 1 aromatic heterocycles. The Balaban J connectivity index is 0.00000192. The van der Waals surface area contributed by atoms with Gasteiger partial charge in [-0.05, 0) is 43.3 Å². The van der Waals surface area contributed by atoms with Crippen LogP contribution in [0.15, 0.2) is 17.5 Å². The Labute approximate surface area is 147 Å². The molecule has 0 saturated carbocycles. The van der Waals surface area contributed by atoms with E-state index in [0.29, 0.717) is 38.5 Å². The first-order valence-corrected chi connectivity index (χ1v) is 8.93. The zero-order chi connectivity index (χ0) is 15.4. The smallest absolute Gasteiger partial charge is 0.264 e. The highest BCUT2D eigenvalue weighted by atomic mass is 35.5. The molecule has 0 aliphatic carbocycles. The third-order valence-electron chi connectivity index (χ3n) is 4.57. The van der Waals surface area contributed by atoms with Crippen molar-refractivity contribution in [1.82, 2.24) is 15.1 Å². The molecule has 3 heterocycles. The van der Waals surface area contributed by atoms with Gasteiger partial charge < -0.3 is 15.1 Å². The lowest BCUT2D eigenvalue weighted by Crippen LogP contribution is -2.50. The minimum Gasteiger partial charge on any atom is -0.339 e. The van der Waals surface area contributed by atoms with Gasteiger partial charge in [-0.15, -0.1) is 23.7 Å². The quantitative estimate of drug-likeness (QED) is 0.898. The van der Waals surface area contributed by atoms with Gasteiger partial charge in [0.05, 0.1) is 4.88 Å². The molecule has 2 aliphatic heterocycles. The molecule has 2 amide bonds. The molecule has 23 heavy (non-hydrogen) atoms. The average molecular weight is 358 g/mol. The number of hydrogen-bond donors (Lipinski definition) is 1. The third-order valence-corrected chi connectivity index (χ3v) is 5.43. The minimum absolute atomic E-state index is 0. The predicted octanol–water partition coefficient (Wildman–Crippen LogP) is 1.84. The van der Waals surface area contributed by atoms with Crippen molar-refractivity contribution < 1.29 is 9.59 Å². The van der Waals surface area contributed by atoms with Gasteiger partial charge in [-0.2, -0.15) is 0 Å². The summed E-state index contributed by atoms with van der Waals surface area (Å²) in [7, 11) is 0. The molecule has 2 saturated heterocycles. The number of nitrogens with one attached hydrogen (secondary N) is 1. The third kappa shape index (κ3) is 4.68. The van der Waals surface area contributed by atoms with Gasteiger partial charge >= 0.3 is 0 Å². The fraction of sp³-hybridized carbons (Fsp3) is 0.625. The lowest BCUT2D eigenvalue weighted by molar-refractivity contribution is -0.133. The van der Waals surface area contributed by atoms with Crippen molar-refractivity contribution in [2.45, 2.75) is 19.3 Å². The Morgan fingerprint density at radius 1 is 1.13 bits per heavy atom. The maximum absolute atomic E-state index is 12.4. The predicted molar refractivity (Wildman–Crippen MR) is 94.3 cm³/mol. The van der Waals surface area contributed by atoms with E-state index in [1.165, 1.54) is 11.3 Å². The molecule has 0 aromatic carbocycles. The molecule has 128 valence electrons. The number of carbonyl (C=O) groups is 2. The van der Waals surface area contributed by atoms with Gasteiger partial charge in [-0.3, -0.25) is 9.59 Å². The van der Waals surface area contributed by atoms with Crippen molar-refractivity contribution in [2.24, 2.45) is 5.92 Å². The molecule has 1 N–H and O–H groups in total. The Morgan fingerprint density at radius 2 is 1.78 bits per heavy atom. The molecule has 0 unspecified atom stereocenters. The number of amides is 2. The van der Waals surface area contributed by atoms with Crippen LogP contribution >= 0.6 is 23.7 Å². The first kappa shape index (κ1) is 18.2. The highest BCUT2D eigenvalue weighted by molar-refractivity contribution is 7.12. The van der Waals surface area contributed by atoms with Crippen molar-refractivity contribution in [3.63, 3.8) is 0 Å². The largest absolute Gasteiger partial charge is 0.339 e. The molecule has 0 spiro atoms. The number of piperidine rings is 1.